The largest absolute Gasteiger partial charge is 0.482 e. The van der Waals surface area contributed by atoms with Crippen LogP contribution in [-0.4, -0.2) is 42.6 Å². The van der Waals surface area contributed by atoms with Gasteiger partial charge in [-0.3, -0.25) is 0 Å². The first-order chi connectivity index (χ1) is 14.7. The van der Waals surface area contributed by atoms with Crippen molar-refractivity contribution in [2.75, 3.05) is 13.2 Å². The molecule has 1 aromatic rings. The van der Waals surface area contributed by atoms with E-state index in [0.717, 1.165) is 31.4 Å². The third kappa shape index (κ3) is 5.55. The van der Waals surface area contributed by atoms with Crippen LogP contribution in [0, 0.1) is 11.8 Å². The number of hydrogen-bond donors (Lipinski definition) is 1. The lowest BCUT2D eigenvalue weighted by atomic mass is 9.75. The third-order valence-electron chi connectivity index (χ3n) is 7.27. The Morgan fingerprint density at radius 1 is 0.967 bits per heavy atom. The molecular weight excluding hydrogens is 380 g/mol. The molecule has 2 saturated heterocycles. The number of carboxylic acids is 1. The van der Waals surface area contributed by atoms with Crippen LogP contribution >= 0.6 is 0 Å². The Morgan fingerprint density at radius 3 is 2.40 bits per heavy atom. The van der Waals surface area contributed by atoms with Crippen LogP contribution in [0.15, 0.2) is 24.3 Å². The second-order valence-corrected chi connectivity index (χ2v) is 9.22. The van der Waals surface area contributed by atoms with E-state index in [1.165, 1.54) is 51.4 Å². The Balaban J connectivity index is 1.30. The van der Waals surface area contributed by atoms with Gasteiger partial charge in [-0.15, -0.1) is 0 Å². The van der Waals surface area contributed by atoms with Gasteiger partial charge in [0.15, 0.2) is 6.61 Å². The molecule has 30 heavy (non-hydrogen) atoms. The summed E-state index contributed by atoms with van der Waals surface area (Å²) in [5.74, 6) is 0.896. The van der Waals surface area contributed by atoms with Gasteiger partial charge >= 0.3 is 5.97 Å². The van der Waals surface area contributed by atoms with Crippen LogP contribution in [0.4, 0.5) is 0 Å². The fraction of sp³-hybridized carbons (Fsp3) is 0.720. The Labute approximate surface area is 180 Å². The minimum atomic E-state index is -0.944. The van der Waals surface area contributed by atoms with Crippen molar-refractivity contribution in [3.8, 4) is 5.75 Å². The smallest absolute Gasteiger partial charge is 0.341 e. The van der Waals surface area contributed by atoms with E-state index in [4.69, 9.17) is 19.3 Å². The van der Waals surface area contributed by atoms with Crippen LogP contribution in [0.3, 0.4) is 0 Å². The fourth-order valence-electron chi connectivity index (χ4n) is 5.76. The molecule has 2 aliphatic heterocycles. The number of benzene rings is 1. The van der Waals surface area contributed by atoms with Crippen molar-refractivity contribution in [1.82, 2.24) is 0 Å². The third-order valence-corrected chi connectivity index (χ3v) is 7.27. The Hall–Kier alpha value is -1.59. The van der Waals surface area contributed by atoms with Gasteiger partial charge in [-0.05, 0) is 68.4 Å². The summed E-state index contributed by atoms with van der Waals surface area (Å²) in [5, 5.41) is 8.91. The van der Waals surface area contributed by atoms with Crippen molar-refractivity contribution in [1.29, 1.82) is 0 Å². The Kier molecular flexibility index (Phi) is 7.67. The van der Waals surface area contributed by atoms with E-state index in [1.807, 2.05) is 18.2 Å². The molecule has 0 spiro atoms. The van der Waals surface area contributed by atoms with Gasteiger partial charge < -0.3 is 19.3 Å². The molecule has 5 nitrogen and oxygen atoms in total. The zero-order chi connectivity index (χ0) is 20.8. The molecule has 0 aromatic heterocycles. The highest BCUT2D eigenvalue weighted by molar-refractivity contribution is 5.68. The van der Waals surface area contributed by atoms with Gasteiger partial charge in [-0.2, -0.15) is 0 Å². The van der Waals surface area contributed by atoms with Crippen LogP contribution in [0.2, 0.25) is 0 Å². The number of fused-ring (bicyclic) bond motifs is 2. The van der Waals surface area contributed by atoms with E-state index in [-0.39, 0.29) is 6.61 Å². The molecule has 4 atom stereocenters. The number of aliphatic carboxylic acids is 1. The number of ether oxygens (including phenoxy) is 3. The predicted octanol–water partition coefficient (Wildman–Crippen LogP) is 5.01. The lowest BCUT2D eigenvalue weighted by Gasteiger charge is -2.29. The summed E-state index contributed by atoms with van der Waals surface area (Å²) < 4.78 is 18.1. The van der Waals surface area contributed by atoms with E-state index < -0.39 is 5.97 Å². The monoisotopic (exact) mass is 416 g/mol. The van der Waals surface area contributed by atoms with Crippen LogP contribution in [0.1, 0.15) is 69.8 Å². The molecule has 4 rings (SSSR count). The second-order valence-electron chi connectivity index (χ2n) is 9.22. The van der Waals surface area contributed by atoms with Crippen molar-refractivity contribution in [3.63, 3.8) is 0 Å². The maximum atomic E-state index is 10.9. The van der Waals surface area contributed by atoms with Gasteiger partial charge in [0.1, 0.15) is 5.75 Å². The minimum Gasteiger partial charge on any atom is -0.482 e. The molecule has 166 valence electrons. The SMILES string of the molecule is O=C(O)COc1ccccc1CC[C@@H]1[C@H](CCOC2CCCCCC2)[C@@H]2CC[C@H]1O2. The summed E-state index contributed by atoms with van der Waals surface area (Å²) in [6.07, 6.45) is 14.5. The average molecular weight is 417 g/mol. The Morgan fingerprint density at radius 2 is 1.67 bits per heavy atom. The molecular formula is C25H36O5. The number of hydrogen-bond acceptors (Lipinski definition) is 4. The van der Waals surface area contributed by atoms with Gasteiger partial charge in [0.25, 0.3) is 0 Å². The first kappa shape index (κ1) is 21.6. The molecule has 0 radical (unpaired) electrons. The quantitative estimate of drug-likeness (QED) is 0.544. The van der Waals surface area contributed by atoms with E-state index >= 15 is 0 Å². The van der Waals surface area contributed by atoms with Crippen molar-refractivity contribution in [2.45, 2.75) is 88.9 Å². The summed E-state index contributed by atoms with van der Waals surface area (Å²) >= 11 is 0. The maximum absolute atomic E-state index is 10.9. The molecule has 2 heterocycles. The lowest BCUT2D eigenvalue weighted by Crippen LogP contribution is -2.29. The standard InChI is InChI=1S/C25H36O5/c26-25(27)17-29-22-10-6-5-7-18(22)11-12-20-21(24-14-13-23(20)30-24)15-16-28-19-8-3-1-2-4-9-19/h5-7,10,19-21,23-24H,1-4,8-9,11-17H2,(H,26,27)/t20-,21+,23-,24+/m1/s1. The zero-order valence-corrected chi connectivity index (χ0v) is 18.0. The van der Waals surface area contributed by atoms with E-state index in [2.05, 4.69) is 6.07 Å². The summed E-state index contributed by atoms with van der Waals surface area (Å²) in [4.78, 5) is 10.9. The van der Waals surface area contributed by atoms with Crippen molar-refractivity contribution in [3.05, 3.63) is 29.8 Å². The van der Waals surface area contributed by atoms with E-state index in [1.54, 1.807) is 0 Å². The highest BCUT2D eigenvalue weighted by atomic mass is 16.5. The highest BCUT2D eigenvalue weighted by Gasteiger charge is 2.48. The van der Waals surface area contributed by atoms with Gasteiger partial charge in [0.05, 0.1) is 18.3 Å². The predicted molar refractivity (Wildman–Crippen MR) is 115 cm³/mol. The van der Waals surface area contributed by atoms with Crippen LogP contribution < -0.4 is 4.74 Å². The number of carbonyl (C=O) groups is 1. The molecule has 0 unspecified atom stereocenters. The first-order valence-corrected chi connectivity index (χ1v) is 11.9. The number of para-hydroxylation sites is 1. The Bertz CT molecular complexity index is 682. The number of aryl methyl sites for hydroxylation is 1. The maximum Gasteiger partial charge on any atom is 0.341 e. The first-order valence-electron chi connectivity index (χ1n) is 11.9. The fourth-order valence-corrected chi connectivity index (χ4v) is 5.76. The van der Waals surface area contributed by atoms with Gasteiger partial charge in [-0.25, -0.2) is 4.79 Å². The molecule has 2 bridgehead atoms. The molecule has 3 aliphatic rings. The minimum absolute atomic E-state index is 0.296. The van der Waals surface area contributed by atoms with Gasteiger partial charge in [0.2, 0.25) is 0 Å². The van der Waals surface area contributed by atoms with E-state index in [9.17, 15) is 4.79 Å². The lowest BCUT2D eigenvalue weighted by molar-refractivity contribution is -0.139. The summed E-state index contributed by atoms with van der Waals surface area (Å²) in [6, 6.07) is 7.82. The molecule has 5 heteroatoms. The zero-order valence-electron chi connectivity index (χ0n) is 18.0. The molecule has 1 N–H and O–H groups in total. The molecule has 0 amide bonds. The number of carboxylic acid groups (broad SMARTS) is 1. The van der Waals surface area contributed by atoms with Crippen LogP contribution in [0.25, 0.3) is 0 Å². The summed E-state index contributed by atoms with van der Waals surface area (Å²) in [7, 11) is 0. The summed E-state index contributed by atoms with van der Waals surface area (Å²) in [5.41, 5.74) is 1.09. The molecule has 1 aromatic carbocycles. The van der Waals surface area contributed by atoms with Gasteiger partial charge in [0, 0.05) is 6.61 Å². The average Bonchev–Trinajstić information content (AvgIpc) is 3.25. The molecule has 1 saturated carbocycles. The van der Waals surface area contributed by atoms with Crippen LogP contribution in [-0.2, 0) is 20.7 Å². The summed E-state index contributed by atoms with van der Waals surface area (Å²) in [6.45, 7) is 0.562. The van der Waals surface area contributed by atoms with Crippen molar-refractivity contribution in [2.24, 2.45) is 11.8 Å². The van der Waals surface area contributed by atoms with Crippen molar-refractivity contribution < 1.29 is 24.1 Å². The molecule has 1 aliphatic carbocycles. The normalized spacial score (nSPS) is 29.1. The highest BCUT2D eigenvalue weighted by Crippen LogP contribution is 2.47. The van der Waals surface area contributed by atoms with Crippen LogP contribution in [0.5, 0.6) is 5.75 Å². The van der Waals surface area contributed by atoms with Crippen molar-refractivity contribution >= 4 is 5.97 Å². The topological polar surface area (TPSA) is 65.0 Å². The molecule has 3 fully saturated rings. The number of rotatable bonds is 10. The second kappa shape index (κ2) is 10.6. The van der Waals surface area contributed by atoms with Gasteiger partial charge in [-0.1, -0.05) is 43.9 Å². The van der Waals surface area contributed by atoms with E-state index in [0.29, 0.717) is 35.9 Å².